The zero-order valence-corrected chi connectivity index (χ0v) is 10.9. The van der Waals surface area contributed by atoms with Crippen molar-refractivity contribution in [2.45, 2.75) is 25.8 Å². The minimum absolute atomic E-state index is 0.177. The van der Waals surface area contributed by atoms with Crippen molar-refractivity contribution < 1.29 is 36.6 Å². The Morgan fingerprint density at radius 3 is 1.71 bits per heavy atom. The number of halogens is 5. The van der Waals surface area contributed by atoms with E-state index in [1.54, 1.807) is 5.32 Å². The average molecular weight is 311 g/mol. The van der Waals surface area contributed by atoms with Crippen LogP contribution in [0.25, 0.3) is 0 Å². The Balaban J connectivity index is 3.36. The van der Waals surface area contributed by atoms with Gasteiger partial charge in [0.15, 0.2) is 23.3 Å². The SMILES string of the molecule is CCC(C)(NC(=O)c1c(F)c(F)c(F)c(F)c1F)C(=O)O. The summed E-state index contributed by atoms with van der Waals surface area (Å²) in [7, 11) is 0. The summed E-state index contributed by atoms with van der Waals surface area (Å²) in [5, 5.41) is 10.6. The fourth-order valence-corrected chi connectivity index (χ4v) is 1.41. The first-order chi connectivity index (χ1) is 9.56. The van der Waals surface area contributed by atoms with Gasteiger partial charge in [0.2, 0.25) is 5.82 Å². The summed E-state index contributed by atoms with van der Waals surface area (Å²) in [6.45, 7) is 2.38. The molecule has 0 saturated carbocycles. The summed E-state index contributed by atoms with van der Waals surface area (Å²) in [6, 6.07) is 0. The molecule has 21 heavy (non-hydrogen) atoms. The number of hydrogen-bond acceptors (Lipinski definition) is 2. The van der Waals surface area contributed by atoms with Gasteiger partial charge in [-0.25, -0.2) is 26.7 Å². The van der Waals surface area contributed by atoms with E-state index in [1.165, 1.54) is 6.92 Å². The molecule has 1 rings (SSSR count). The standard InChI is InChI=1S/C12H10F5NO3/c1-3-12(2,11(20)21)18-10(19)4-5(13)7(15)9(17)8(16)6(4)14/h3H2,1-2H3,(H,18,19)(H,20,21). The van der Waals surface area contributed by atoms with E-state index in [9.17, 15) is 31.5 Å². The van der Waals surface area contributed by atoms with Crippen LogP contribution in [-0.2, 0) is 4.79 Å². The van der Waals surface area contributed by atoms with E-state index in [-0.39, 0.29) is 6.42 Å². The van der Waals surface area contributed by atoms with E-state index in [0.717, 1.165) is 6.92 Å². The lowest BCUT2D eigenvalue weighted by atomic mass is 9.98. The second-order valence-electron chi connectivity index (χ2n) is 4.39. The van der Waals surface area contributed by atoms with Gasteiger partial charge in [0, 0.05) is 0 Å². The number of carboxylic acids is 1. The highest BCUT2D eigenvalue weighted by Gasteiger charge is 2.36. The molecule has 0 bridgehead atoms. The molecule has 4 nitrogen and oxygen atoms in total. The van der Waals surface area contributed by atoms with Gasteiger partial charge in [-0.1, -0.05) is 6.92 Å². The first-order valence-electron chi connectivity index (χ1n) is 5.64. The summed E-state index contributed by atoms with van der Waals surface area (Å²) in [6.07, 6.45) is -0.177. The molecule has 2 N–H and O–H groups in total. The zero-order chi connectivity index (χ0) is 16.5. The Labute approximate surface area is 115 Å². The van der Waals surface area contributed by atoms with Gasteiger partial charge >= 0.3 is 5.97 Å². The molecular formula is C12H10F5NO3. The van der Waals surface area contributed by atoms with Crippen molar-refractivity contribution in [3.8, 4) is 0 Å². The van der Waals surface area contributed by atoms with E-state index in [0.29, 0.717) is 0 Å². The minimum atomic E-state index is -2.40. The predicted octanol–water partition coefficient (Wildman–Crippen LogP) is 2.37. The lowest BCUT2D eigenvalue weighted by molar-refractivity contribution is -0.143. The van der Waals surface area contributed by atoms with Crippen LogP contribution >= 0.6 is 0 Å². The van der Waals surface area contributed by atoms with E-state index < -0.39 is 52.1 Å². The molecule has 0 aromatic heterocycles. The molecule has 0 saturated heterocycles. The van der Waals surface area contributed by atoms with Gasteiger partial charge in [-0.15, -0.1) is 0 Å². The van der Waals surface area contributed by atoms with E-state index >= 15 is 0 Å². The topological polar surface area (TPSA) is 66.4 Å². The smallest absolute Gasteiger partial charge is 0.329 e. The van der Waals surface area contributed by atoms with Crippen LogP contribution in [-0.4, -0.2) is 22.5 Å². The molecule has 0 heterocycles. The molecular weight excluding hydrogens is 301 g/mol. The molecule has 0 aliphatic rings. The first-order valence-corrected chi connectivity index (χ1v) is 5.64. The third-order valence-electron chi connectivity index (χ3n) is 3.01. The highest BCUT2D eigenvalue weighted by Crippen LogP contribution is 2.23. The lowest BCUT2D eigenvalue weighted by Gasteiger charge is -2.24. The Morgan fingerprint density at radius 2 is 1.38 bits per heavy atom. The summed E-state index contributed by atoms with van der Waals surface area (Å²) in [4.78, 5) is 22.6. The van der Waals surface area contributed by atoms with Crippen molar-refractivity contribution in [1.29, 1.82) is 0 Å². The van der Waals surface area contributed by atoms with Crippen LogP contribution in [0.1, 0.15) is 30.6 Å². The molecule has 0 radical (unpaired) electrons. The highest BCUT2D eigenvalue weighted by molar-refractivity contribution is 5.98. The van der Waals surface area contributed by atoms with Gasteiger partial charge < -0.3 is 10.4 Å². The molecule has 1 unspecified atom stereocenters. The maximum absolute atomic E-state index is 13.4. The number of amides is 1. The van der Waals surface area contributed by atoms with Crippen molar-refractivity contribution in [3.63, 3.8) is 0 Å². The third-order valence-corrected chi connectivity index (χ3v) is 3.01. The van der Waals surface area contributed by atoms with Crippen LogP contribution in [0.4, 0.5) is 22.0 Å². The van der Waals surface area contributed by atoms with Crippen LogP contribution in [0, 0.1) is 29.1 Å². The lowest BCUT2D eigenvalue weighted by Crippen LogP contribution is -2.52. The largest absolute Gasteiger partial charge is 0.480 e. The van der Waals surface area contributed by atoms with Crippen molar-refractivity contribution in [2.24, 2.45) is 0 Å². The Kier molecular flexibility index (Phi) is 4.55. The minimum Gasteiger partial charge on any atom is -0.480 e. The van der Waals surface area contributed by atoms with Crippen LogP contribution in [0.3, 0.4) is 0 Å². The van der Waals surface area contributed by atoms with Crippen molar-refractivity contribution in [3.05, 3.63) is 34.6 Å². The maximum Gasteiger partial charge on any atom is 0.329 e. The fraction of sp³-hybridized carbons (Fsp3) is 0.333. The normalized spacial score (nSPS) is 13.7. The third kappa shape index (κ3) is 2.81. The van der Waals surface area contributed by atoms with Gasteiger partial charge in [0.05, 0.1) is 0 Å². The Morgan fingerprint density at radius 1 is 1.00 bits per heavy atom. The molecule has 1 amide bonds. The van der Waals surface area contributed by atoms with E-state index in [1.807, 2.05) is 0 Å². The van der Waals surface area contributed by atoms with Crippen molar-refractivity contribution in [1.82, 2.24) is 5.32 Å². The Hall–Kier alpha value is -2.19. The summed E-state index contributed by atoms with van der Waals surface area (Å²) < 4.78 is 65.6. The number of hydrogen-bond donors (Lipinski definition) is 2. The van der Waals surface area contributed by atoms with Crippen molar-refractivity contribution in [2.75, 3.05) is 0 Å². The summed E-state index contributed by atoms with van der Waals surface area (Å²) in [5.74, 6) is -14.9. The van der Waals surface area contributed by atoms with E-state index in [4.69, 9.17) is 5.11 Å². The molecule has 1 aromatic rings. The number of carboxylic acid groups (broad SMARTS) is 1. The predicted molar refractivity (Wildman–Crippen MR) is 60.0 cm³/mol. The summed E-state index contributed by atoms with van der Waals surface area (Å²) in [5.41, 5.74) is -3.65. The number of nitrogens with one attached hydrogen (secondary N) is 1. The fourth-order valence-electron chi connectivity index (χ4n) is 1.41. The molecule has 1 aromatic carbocycles. The van der Waals surface area contributed by atoms with E-state index in [2.05, 4.69) is 0 Å². The van der Waals surface area contributed by atoms with Gasteiger partial charge in [0.1, 0.15) is 11.1 Å². The van der Waals surface area contributed by atoms with Gasteiger partial charge in [-0.05, 0) is 13.3 Å². The number of benzene rings is 1. The molecule has 1 atom stereocenters. The average Bonchev–Trinajstić information content (AvgIpc) is 2.42. The number of carbonyl (C=O) groups excluding carboxylic acids is 1. The van der Waals surface area contributed by atoms with Crippen molar-refractivity contribution >= 4 is 11.9 Å². The second-order valence-corrected chi connectivity index (χ2v) is 4.39. The van der Waals surface area contributed by atoms with Gasteiger partial charge in [-0.2, -0.15) is 0 Å². The second kappa shape index (κ2) is 5.66. The molecule has 0 aliphatic carbocycles. The van der Waals surface area contributed by atoms with Crippen LogP contribution in [0.15, 0.2) is 0 Å². The highest BCUT2D eigenvalue weighted by atomic mass is 19.2. The number of rotatable bonds is 4. The first kappa shape index (κ1) is 16.9. The van der Waals surface area contributed by atoms with Crippen LogP contribution in [0.2, 0.25) is 0 Å². The monoisotopic (exact) mass is 311 g/mol. The number of aliphatic carboxylic acids is 1. The van der Waals surface area contributed by atoms with Gasteiger partial charge in [0.25, 0.3) is 5.91 Å². The quantitative estimate of drug-likeness (QED) is 0.510. The zero-order valence-electron chi connectivity index (χ0n) is 10.9. The molecule has 0 aliphatic heterocycles. The maximum atomic E-state index is 13.4. The number of carbonyl (C=O) groups is 2. The molecule has 0 spiro atoms. The Bertz CT molecular complexity index is 590. The van der Waals surface area contributed by atoms with Crippen LogP contribution in [0.5, 0.6) is 0 Å². The molecule has 0 fully saturated rings. The van der Waals surface area contributed by atoms with Gasteiger partial charge in [-0.3, -0.25) is 4.79 Å². The summed E-state index contributed by atoms with van der Waals surface area (Å²) >= 11 is 0. The molecule has 116 valence electrons. The van der Waals surface area contributed by atoms with Crippen LogP contribution < -0.4 is 5.32 Å². The molecule has 9 heteroatoms.